The molecule has 3 rings (SSSR count). The normalized spacial score (nSPS) is 25.2. The Kier molecular flexibility index (Phi) is 6.21. The fourth-order valence-corrected chi connectivity index (χ4v) is 4.59. The van der Waals surface area contributed by atoms with Crippen LogP contribution in [0.3, 0.4) is 0 Å². The molecule has 2 aliphatic rings. The highest BCUT2D eigenvalue weighted by atomic mass is 16.5. The molecule has 0 radical (unpaired) electrons. The molecule has 2 atom stereocenters. The van der Waals surface area contributed by atoms with Gasteiger partial charge in [0.25, 0.3) is 5.91 Å². The first-order valence-electron chi connectivity index (χ1n) is 10.5. The number of hydrogen-bond donors (Lipinski definition) is 1. The molecule has 27 heavy (non-hydrogen) atoms. The first-order valence-corrected chi connectivity index (χ1v) is 10.5. The monoisotopic (exact) mass is 377 g/mol. The van der Waals surface area contributed by atoms with E-state index in [0.29, 0.717) is 18.3 Å². The number of amides is 1. The maximum atomic E-state index is 13.4. The minimum Gasteiger partial charge on any atom is -0.378 e. The van der Waals surface area contributed by atoms with Crippen LogP contribution in [0.5, 0.6) is 0 Å². The van der Waals surface area contributed by atoms with E-state index in [1.54, 1.807) is 0 Å². The van der Waals surface area contributed by atoms with Gasteiger partial charge in [0.05, 0.1) is 17.8 Å². The maximum absolute atomic E-state index is 13.4. The number of hydrogen-bond acceptors (Lipinski definition) is 5. The Balaban J connectivity index is 1.79. The summed E-state index contributed by atoms with van der Waals surface area (Å²) >= 11 is 0. The Morgan fingerprint density at radius 2 is 2.04 bits per heavy atom. The smallest absolute Gasteiger partial charge is 0.276 e. The molecule has 1 aliphatic carbocycles. The average molecular weight is 378 g/mol. The third-order valence-electron chi connectivity index (χ3n) is 6.38. The van der Waals surface area contributed by atoms with Gasteiger partial charge < -0.3 is 15.0 Å². The zero-order valence-electron chi connectivity index (χ0n) is 17.5. The average Bonchev–Trinajstić information content (AvgIpc) is 3.05. The van der Waals surface area contributed by atoms with Crippen molar-refractivity contribution >= 4 is 5.91 Å². The van der Waals surface area contributed by atoms with Crippen molar-refractivity contribution in [3.63, 3.8) is 0 Å². The number of carbonyl (C=O) groups excluding carboxylic acids is 1. The van der Waals surface area contributed by atoms with Gasteiger partial charge in [0.2, 0.25) is 0 Å². The quantitative estimate of drug-likeness (QED) is 0.791. The third-order valence-corrected chi connectivity index (χ3v) is 6.38. The van der Waals surface area contributed by atoms with Crippen molar-refractivity contribution in [1.29, 1.82) is 0 Å². The van der Waals surface area contributed by atoms with Crippen molar-refractivity contribution in [3.05, 3.63) is 11.4 Å². The molecule has 1 saturated heterocycles. The highest BCUT2D eigenvalue weighted by Crippen LogP contribution is 2.46. The van der Waals surface area contributed by atoms with Crippen LogP contribution in [0.25, 0.3) is 0 Å². The Hall–Kier alpha value is -1.47. The largest absolute Gasteiger partial charge is 0.378 e. The molecule has 1 N–H and O–H groups in total. The lowest BCUT2D eigenvalue weighted by Gasteiger charge is -2.55. The van der Waals surface area contributed by atoms with E-state index in [1.165, 1.54) is 0 Å². The number of ether oxygens (including phenoxy) is 1. The topological polar surface area (TPSA) is 72.3 Å². The summed E-state index contributed by atoms with van der Waals surface area (Å²) in [5.41, 5.74) is 1.36. The first-order chi connectivity index (χ1) is 12.9. The van der Waals surface area contributed by atoms with Crippen LogP contribution in [0, 0.1) is 12.3 Å². The van der Waals surface area contributed by atoms with E-state index in [-0.39, 0.29) is 23.5 Å². The summed E-state index contributed by atoms with van der Waals surface area (Å²) in [5.74, 6) is 0.0163. The van der Waals surface area contributed by atoms with Gasteiger partial charge >= 0.3 is 0 Å². The van der Waals surface area contributed by atoms with Crippen molar-refractivity contribution < 1.29 is 9.53 Å². The van der Waals surface area contributed by atoms with Gasteiger partial charge in [0.1, 0.15) is 0 Å². The van der Waals surface area contributed by atoms with Gasteiger partial charge in [-0.3, -0.25) is 4.79 Å². The number of carbonyl (C=O) groups is 1. The molecule has 0 bridgehead atoms. The molecule has 7 heteroatoms. The number of nitrogens with zero attached hydrogens (tertiary/aromatic N) is 4. The zero-order valence-corrected chi connectivity index (χ0v) is 17.5. The highest BCUT2D eigenvalue weighted by Gasteiger charge is 2.53. The molecular weight excluding hydrogens is 342 g/mol. The Morgan fingerprint density at radius 1 is 1.33 bits per heavy atom. The molecule has 152 valence electrons. The van der Waals surface area contributed by atoms with Crippen molar-refractivity contribution in [2.24, 2.45) is 5.41 Å². The summed E-state index contributed by atoms with van der Waals surface area (Å²) in [4.78, 5) is 15.4. The van der Waals surface area contributed by atoms with Crippen LogP contribution in [0.1, 0.15) is 75.6 Å². The second-order valence-electron chi connectivity index (χ2n) is 8.46. The number of nitrogens with one attached hydrogen (secondary N) is 1. The molecule has 0 unspecified atom stereocenters. The predicted octanol–water partition coefficient (Wildman–Crippen LogP) is 2.57. The van der Waals surface area contributed by atoms with Crippen LogP contribution >= 0.6 is 0 Å². The summed E-state index contributed by atoms with van der Waals surface area (Å²) in [5, 5.41) is 12.0. The lowest BCUT2D eigenvalue weighted by Crippen LogP contribution is -2.63. The van der Waals surface area contributed by atoms with E-state index in [2.05, 4.69) is 36.4 Å². The standard InChI is InChI=1S/C20H35N5O2/c1-6-12-24(16-13-17(27-7-2)20(16,4)5)19(26)18-14(3)25(23-22-18)15-8-10-21-11-9-15/h15-17,21H,6-13H2,1-5H3/t16-,17-/m1/s1. The molecule has 7 nitrogen and oxygen atoms in total. The lowest BCUT2D eigenvalue weighted by molar-refractivity contribution is -0.140. The van der Waals surface area contributed by atoms with E-state index in [0.717, 1.165) is 51.0 Å². The second-order valence-corrected chi connectivity index (χ2v) is 8.46. The first kappa shape index (κ1) is 20.3. The molecule has 1 aromatic rings. The molecular formula is C20H35N5O2. The third kappa shape index (κ3) is 3.76. The van der Waals surface area contributed by atoms with Crippen LogP contribution in [0.2, 0.25) is 0 Å². The van der Waals surface area contributed by atoms with Gasteiger partial charge in [-0.1, -0.05) is 26.0 Å². The Labute approximate surface area is 162 Å². The van der Waals surface area contributed by atoms with Crippen LogP contribution in [-0.2, 0) is 4.74 Å². The van der Waals surface area contributed by atoms with Crippen LogP contribution < -0.4 is 5.32 Å². The lowest BCUT2D eigenvalue weighted by atomic mass is 9.63. The van der Waals surface area contributed by atoms with Crippen molar-refractivity contribution in [3.8, 4) is 0 Å². The van der Waals surface area contributed by atoms with Gasteiger partial charge in [0, 0.05) is 24.6 Å². The zero-order chi connectivity index (χ0) is 19.6. The molecule has 1 aliphatic heterocycles. The van der Waals surface area contributed by atoms with E-state index >= 15 is 0 Å². The van der Waals surface area contributed by atoms with Gasteiger partial charge in [-0.05, 0) is 52.6 Å². The number of piperidine rings is 1. The molecule has 0 spiro atoms. The van der Waals surface area contributed by atoms with E-state index in [9.17, 15) is 4.79 Å². The number of aromatic nitrogens is 3. The van der Waals surface area contributed by atoms with E-state index in [1.807, 2.05) is 23.4 Å². The van der Waals surface area contributed by atoms with Gasteiger partial charge in [-0.2, -0.15) is 0 Å². The molecule has 0 aromatic carbocycles. The van der Waals surface area contributed by atoms with Gasteiger partial charge in [-0.25, -0.2) is 4.68 Å². The molecule has 1 amide bonds. The van der Waals surface area contributed by atoms with Gasteiger partial charge in [-0.15, -0.1) is 5.10 Å². The minimum atomic E-state index is -0.0419. The van der Waals surface area contributed by atoms with E-state index in [4.69, 9.17) is 4.74 Å². The predicted molar refractivity (Wildman–Crippen MR) is 105 cm³/mol. The van der Waals surface area contributed by atoms with Crippen LogP contribution in [0.15, 0.2) is 0 Å². The second kappa shape index (κ2) is 8.27. The Morgan fingerprint density at radius 3 is 2.63 bits per heavy atom. The molecule has 2 fully saturated rings. The van der Waals surface area contributed by atoms with E-state index < -0.39 is 0 Å². The minimum absolute atomic E-state index is 0.0163. The van der Waals surface area contributed by atoms with Crippen molar-refractivity contribution in [2.45, 2.75) is 78.5 Å². The fraction of sp³-hybridized carbons (Fsp3) is 0.850. The maximum Gasteiger partial charge on any atom is 0.276 e. The fourth-order valence-electron chi connectivity index (χ4n) is 4.59. The summed E-state index contributed by atoms with van der Waals surface area (Å²) in [7, 11) is 0. The summed E-state index contributed by atoms with van der Waals surface area (Å²) in [6, 6.07) is 0.521. The summed E-state index contributed by atoms with van der Waals surface area (Å²) in [6.07, 6.45) is 4.10. The van der Waals surface area contributed by atoms with Crippen LogP contribution in [-0.4, -0.2) is 64.2 Å². The molecule has 1 saturated carbocycles. The molecule has 2 heterocycles. The highest BCUT2D eigenvalue weighted by molar-refractivity contribution is 5.93. The summed E-state index contributed by atoms with van der Waals surface area (Å²) in [6.45, 7) is 14.0. The van der Waals surface area contributed by atoms with Crippen LogP contribution in [0.4, 0.5) is 0 Å². The van der Waals surface area contributed by atoms with Crippen molar-refractivity contribution in [2.75, 3.05) is 26.2 Å². The molecule has 1 aromatic heterocycles. The van der Waals surface area contributed by atoms with Crippen molar-refractivity contribution in [1.82, 2.24) is 25.2 Å². The Bertz CT molecular complexity index is 651. The summed E-state index contributed by atoms with van der Waals surface area (Å²) < 4.78 is 7.83. The van der Waals surface area contributed by atoms with Gasteiger partial charge in [0.15, 0.2) is 5.69 Å². The number of rotatable bonds is 7. The SMILES string of the molecule is CCCN(C(=O)c1nnn(C2CCNCC2)c1C)[C@@H]1C[C@@H](OCC)C1(C)C.